The van der Waals surface area contributed by atoms with Crippen molar-refractivity contribution in [2.75, 3.05) is 0 Å². The van der Waals surface area contributed by atoms with Gasteiger partial charge in [-0.3, -0.25) is 9.48 Å². The molecule has 0 fully saturated rings. The van der Waals surface area contributed by atoms with E-state index in [1.807, 2.05) is 6.92 Å². The van der Waals surface area contributed by atoms with Crippen molar-refractivity contribution >= 4 is 17.4 Å². The number of carbonyl (C=O) groups excluding carboxylic acids is 1. The summed E-state index contributed by atoms with van der Waals surface area (Å²) in [5.41, 5.74) is 0.558. The molecule has 0 radical (unpaired) electrons. The highest BCUT2D eigenvalue weighted by atomic mass is 35.5. The molecule has 0 aliphatic carbocycles. The minimum atomic E-state index is 0.0937. The van der Waals surface area contributed by atoms with Gasteiger partial charge in [0, 0.05) is 13.0 Å². The van der Waals surface area contributed by atoms with Crippen LogP contribution in [0, 0.1) is 0 Å². The van der Waals surface area contributed by atoms with E-state index >= 15 is 0 Å². The molecule has 0 amide bonds. The van der Waals surface area contributed by atoms with Gasteiger partial charge in [-0.05, 0) is 13.3 Å². The molecule has 4 heteroatoms. The number of halogens is 1. The average molecular weight is 215 g/mol. The number of hydrogen-bond acceptors (Lipinski definition) is 2. The molecule has 3 nitrogen and oxygen atoms in total. The topological polar surface area (TPSA) is 34.9 Å². The molecule has 14 heavy (non-hydrogen) atoms. The van der Waals surface area contributed by atoms with Crippen LogP contribution in [-0.4, -0.2) is 15.6 Å². The molecular formula is C10H15ClN2O. The Bertz CT molecular complexity index is 320. The van der Waals surface area contributed by atoms with E-state index in [1.54, 1.807) is 4.68 Å². The largest absolute Gasteiger partial charge is 0.292 e. The van der Waals surface area contributed by atoms with E-state index < -0.39 is 0 Å². The van der Waals surface area contributed by atoms with Crippen LogP contribution in [0.2, 0.25) is 5.02 Å². The van der Waals surface area contributed by atoms with Gasteiger partial charge in [-0.15, -0.1) is 0 Å². The van der Waals surface area contributed by atoms with Crippen molar-refractivity contribution in [3.63, 3.8) is 0 Å². The maximum Gasteiger partial charge on any atom is 0.182 e. The molecular weight excluding hydrogens is 200 g/mol. The van der Waals surface area contributed by atoms with E-state index in [2.05, 4.69) is 12.0 Å². The molecule has 0 aliphatic heterocycles. The summed E-state index contributed by atoms with van der Waals surface area (Å²) < 4.78 is 1.65. The van der Waals surface area contributed by atoms with Crippen LogP contribution < -0.4 is 0 Å². The number of hydrogen-bond donors (Lipinski definition) is 0. The predicted octanol–water partition coefficient (Wildman–Crippen LogP) is 2.93. The van der Waals surface area contributed by atoms with E-state index in [9.17, 15) is 4.79 Å². The van der Waals surface area contributed by atoms with E-state index in [4.69, 9.17) is 11.6 Å². The molecule has 0 aromatic carbocycles. The van der Waals surface area contributed by atoms with Gasteiger partial charge in [0.1, 0.15) is 5.69 Å². The number of unbranched alkanes of at least 4 members (excludes halogenated alkanes) is 1. The quantitative estimate of drug-likeness (QED) is 0.707. The number of aryl methyl sites for hydroxylation is 1. The van der Waals surface area contributed by atoms with Gasteiger partial charge >= 0.3 is 0 Å². The molecule has 1 aromatic heterocycles. The Morgan fingerprint density at radius 3 is 2.86 bits per heavy atom. The highest BCUT2D eigenvalue weighted by molar-refractivity contribution is 6.33. The molecule has 1 heterocycles. The van der Waals surface area contributed by atoms with Gasteiger partial charge in [0.15, 0.2) is 5.78 Å². The lowest BCUT2D eigenvalue weighted by Crippen LogP contribution is -2.09. The average Bonchev–Trinajstić information content (AvgIpc) is 2.56. The SMILES string of the molecule is CCCCC(=O)c1c(Cl)cnn1CC. The Kier molecular flexibility index (Phi) is 4.14. The van der Waals surface area contributed by atoms with Gasteiger partial charge in [-0.1, -0.05) is 24.9 Å². The van der Waals surface area contributed by atoms with Crippen molar-refractivity contribution in [3.05, 3.63) is 16.9 Å². The lowest BCUT2D eigenvalue weighted by atomic mass is 10.1. The fourth-order valence-corrected chi connectivity index (χ4v) is 1.58. The number of aromatic nitrogens is 2. The van der Waals surface area contributed by atoms with E-state index in [1.165, 1.54) is 6.20 Å². The molecule has 1 aromatic rings. The van der Waals surface area contributed by atoms with Gasteiger partial charge in [0.05, 0.1) is 11.2 Å². The summed E-state index contributed by atoms with van der Waals surface area (Å²) in [5, 5.41) is 4.49. The Hall–Kier alpha value is -0.830. The zero-order valence-electron chi connectivity index (χ0n) is 8.59. The van der Waals surface area contributed by atoms with E-state index in [0.29, 0.717) is 23.7 Å². The fraction of sp³-hybridized carbons (Fsp3) is 0.600. The van der Waals surface area contributed by atoms with Crippen molar-refractivity contribution in [1.82, 2.24) is 9.78 Å². The second-order valence-electron chi connectivity index (χ2n) is 3.18. The van der Waals surface area contributed by atoms with Crippen molar-refractivity contribution in [2.45, 2.75) is 39.7 Å². The summed E-state index contributed by atoms with van der Waals surface area (Å²) in [6.45, 7) is 4.69. The van der Waals surface area contributed by atoms with Crippen LogP contribution >= 0.6 is 11.6 Å². The monoisotopic (exact) mass is 214 g/mol. The second kappa shape index (κ2) is 5.15. The van der Waals surface area contributed by atoms with Crippen LogP contribution in [-0.2, 0) is 6.54 Å². The van der Waals surface area contributed by atoms with Gasteiger partial charge in [-0.2, -0.15) is 5.10 Å². The zero-order chi connectivity index (χ0) is 10.6. The van der Waals surface area contributed by atoms with Crippen LogP contribution in [0.25, 0.3) is 0 Å². The summed E-state index contributed by atoms with van der Waals surface area (Å²) in [7, 11) is 0. The third kappa shape index (κ3) is 2.35. The molecule has 0 N–H and O–H groups in total. The lowest BCUT2D eigenvalue weighted by Gasteiger charge is -2.03. The van der Waals surface area contributed by atoms with Crippen LogP contribution in [0.3, 0.4) is 0 Å². The first-order valence-electron chi connectivity index (χ1n) is 4.95. The molecule has 0 aliphatic rings. The molecule has 0 spiro atoms. The summed E-state index contributed by atoms with van der Waals surface area (Å²) in [6, 6.07) is 0. The van der Waals surface area contributed by atoms with Crippen LogP contribution in [0.1, 0.15) is 43.6 Å². The third-order valence-electron chi connectivity index (χ3n) is 2.12. The molecule has 0 saturated heterocycles. The molecule has 0 saturated carbocycles. The molecule has 0 unspecified atom stereocenters. The summed E-state index contributed by atoms with van der Waals surface area (Å²) in [4.78, 5) is 11.7. The van der Waals surface area contributed by atoms with E-state index in [0.717, 1.165) is 12.8 Å². The third-order valence-corrected chi connectivity index (χ3v) is 2.39. The van der Waals surface area contributed by atoms with Gasteiger partial charge in [0.2, 0.25) is 0 Å². The van der Waals surface area contributed by atoms with Crippen molar-refractivity contribution < 1.29 is 4.79 Å². The van der Waals surface area contributed by atoms with Crippen LogP contribution in [0.4, 0.5) is 0 Å². The van der Waals surface area contributed by atoms with Gasteiger partial charge < -0.3 is 0 Å². The standard InChI is InChI=1S/C10H15ClN2O/c1-3-5-6-9(14)10-8(11)7-12-13(10)4-2/h7H,3-6H2,1-2H3. The number of ketones is 1. The van der Waals surface area contributed by atoms with Crippen molar-refractivity contribution in [3.8, 4) is 0 Å². The fourth-order valence-electron chi connectivity index (χ4n) is 1.34. The molecule has 0 bridgehead atoms. The number of carbonyl (C=O) groups is 1. The maximum atomic E-state index is 11.7. The highest BCUT2D eigenvalue weighted by Crippen LogP contribution is 2.17. The summed E-state index contributed by atoms with van der Waals surface area (Å²) >= 11 is 5.89. The highest BCUT2D eigenvalue weighted by Gasteiger charge is 2.15. The van der Waals surface area contributed by atoms with Crippen molar-refractivity contribution in [1.29, 1.82) is 0 Å². The predicted molar refractivity (Wildman–Crippen MR) is 56.8 cm³/mol. The summed E-state index contributed by atoms with van der Waals surface area (Å²) in [6.07, 6.45) is 4.01. The first-order chi connectivity index (χ1) is 6.70. The second-order valence-corrected chi connectivity index (χ2v) is 3.59. The molecule has 1 rings (SSSR count). The Morgan fingerprint density at radius 1 is 1.57 bits per heavy atom. The first kappa shape index (κ1) is 11.2. The Labute approximate surface area is 89.1 Å². The normalized spacial score (nSPS) is 10.5. The van der Waals surface area contributed by atoms with Gasteiger partial charge in [0.25, 0.3) is 0 Å². The van der Waals surface area contributed by atoms with Crippen LogP contribution in [0.5, 0.6) is 0 Å². The minimum absolute atomic E-state index is 0.0937. The van der Waals surface area contributed by atoms with Crippen LogP contribution in [0.15, 0.2) is 6.20 Å². The summed E-state index contributed by atoms with van der Waals surface area (Å²) in [5.74, 6) is 0.0937. The lowest BCUT2D eigenvalue weighted by molar-refractivity contribution is 0.0969. The van der Waals surface area contributed by atoms with E-state index in [-0.39, 0.29) is 5.78 Å². The maximum absolute atomic E-state index is 11.7. The zero-order valence-corrected chi connectivity index (χ0v) is 9.34. The number of nitrogens with zero attached hydrogens (tertiary/aromatic N) is 2. The molecule has 0 atom stereocenters. The van der Waals surface area contributed by atoms with Crippen molar-refractivity contribution in [2.24, 2.45) is 0 Å². The number of Topliss-reactive ketones (excluding diaryl/α,β-unsaturated/α-hetero) is 1. The molecule has 78 valence electrons. The smallest absolute Gasteiger partial charge is 0.182 e. The van der Waals surface area contributed by atoms with Gasteiger partial charge in [-0.25, -0.2) is 0 Å². The number of rotatable bonds is 5. The minimum Gasteiger partial charge on any atom is -0.292 e. The first-order valence-corrected chi connectivity index (χ1v) is 5.33. The Morgan fingerprint density at radius 2 is 2.29 bits per heavy atom. The Balaban J connectivity index is 2.82.